The summed E-state index contributed by atoms with van der Waals surface area (Å²) >= 11 is 0. The smallest absolute Gasteiger partial charge is 0.328 e. The number of nitrogens with one attached hydrogen (secondary N) is 2. The Morgan fingerprint density at radius 1 is 1.42 bits per heavy atom. The number of aliphatic carboxylic acids is 1. The quantitative estimate of drug-likeness (QED) is 0.372. The van der Waals surface area contributed by atoms with Gasteiger partial charge in [0.15, 0.2) is 5.81 Å². The Hall–Kier alpha value is -2.58. The van der Waals surface area contributed by atoms with Gasteiger partial charge in [0.25, 0.3) is 5.69 Å². The number of hydrogen-bond donors (Lipinski definition) is 3. The Balaban J connectivity index is 2.77. The number of carboxylic acid groups (broad SMARTS) is 1. The van der Waals surface area contributed by atoms with Crippen LogP contribution in [-0.4, -0.2) is 42.2 Å². The lowest BCUT2D eigenvalue weighted by molar-refractivity contribution is -0.384. The van der Waals surface area contributed by atoms with Gasteiger partial charge >= 0.3 is 5.97 Å². The minimum Gasteiger partial charge on any atom is -0.480 e. The molecule has 1 atom stereocenters. The second-order valence-electron chi connectivity index (χ2n) is 3.75. The number of para-hydroxylation sites is 2. The largest absolute Gasteiger partial charge is 0.480 e. The molecule has 0 bridgehead atoms. The fraction of sp³-hybridized carbons (Fsp3) is 0.200. The van der Waals surface area contributed by atoms with Gasteiger partial charge in [-0.1, -0.05) is 12.1 Å². The van der Waals surface area contributed by atoms with Crippen LogP contribution in [0.3, 0.4) is 0 Å². The van der Waals surface area contributed by atoms with Gasteiger partial charge in [-0.15, -0.1) is 0 Å². The molecule has 1 aromatic rings. The van der Waals surface area contributed by atoms with Crippen LogP contribution in [0.5, 0.6) is 0 Å². The topological polar surface area (TPSA) is 122 Å². The van der Waals surface area contributed by atoms with Gasteiger partial charge in [-0.25, -0.2) is 4.79 Å². The molecule has 0 aliphatic rings. The number of carboxylic acids is 1. The van der Waals surface area contributed by atoms with Crippen molar-refractivity contribution in [3.63, 3.8) is 0 Å². The van der Waals surface area contributed by atoms with Crippen molar-refractivity contribution in [1.82, 2.24) is 5.32 Å². The van der Waals surface area contributed by atoms with Crippen LogP contribution >= 0.6 is 0 Å². The zero-order valence-electron chi connectivity index (χ0n) is 10.1. The highest BCUT2D eigenvalue weighted by Crippen LogP contribution is 2.22. The summed E-state index contributed by atoms with van der Waals surface area (Å²) in [6.07, 6.45) is 0. The van der Waals surface area contributed by atoms with Gasteiger partial charge < -0.3 is 15.7 Å². The first kappa shape index (κ1) is 14.5. The Morgan fingerprint density at radius 2 is 2.05 bits per heavy atom. The molecule has 3 N–H and O–H groups in total. The van der Waals surface area contributed by atoms with E-state index in [1.54, 1.807) is 6.07 Å². The van der Waals surface area contributed by atoms with Crippen LogP contribution in [-0.2, 0) is 4.79 Å². The predicted molar refractivity (Wildman–Crippen MR) is 70.1 cm³/mol. The lowest BCUT2D eigenvalue weighted by Gasteiger charge is -2.15. The lowest BCUT2D eigenvalue weighted by atomic mass is 10.1. The molecule has 0 saturated carbocycles. The van der Waals surface area contributed by atoms with Crippen molar-refractivity contribution in [3.8, 4) is 0 Å². The van der Waals surface area contributed by atoms with Crippen molar-refractivity contribution in [2.75, 3.05) is 11.9 Å². The number of carbonyl (C=O) groups excluding carboxylic acids is 1. The predicted octanol–water partition coefficient (Wildman–Crippen LogP) is -0.197. The van der Waals surface area contributed by atoms with Gasteiger partial charge in [-0.2, -0.15) is 0 Å². The first-order chi connectivity index (χ1) is 8.91. The van der Waals surface area contributed by atoms with Crippen molar-refractivity contribution in [1.29, 1.82) is 0 Å². The zero-order valence-corrected chi connectivity index (χ0v) is 10.1. The molecule has 0 radical (unpaired) electrons. The summed E-state index contributed by atoms with van der Waals surface area (Å²) in [6, 6.07) is 4.70. The number of nitro benzene ring substituents is 1. The van der Waals surface area contributed by atoms with Crippen molar-refractivity contribution < 1.29 is 19.6 Å². The molecule has 0 spiro atoms. The Labute approximate surface area is 109 Å². The zero-order chi connectivity index (χ0) is 14.4. The second-order valence-corrected chi connectivity index (χ2v) is 3.75. The second kappa shape index (κ2) is 6.38. The molecule has 1 aromatic carbocycles. The van der Waals surface area contributed by atoms with Crippen LogP contribution in [0.2, 0.25) is 0 Å². The van der Waals surface area contributed by atoms with Crippen LogP contribution in [0.4, 0.5) is 16.2 Å². The third-order valence-electron chi connectivity index (χ3n) is 2.27. The summed E-state index contributed by atoms with van der Waals surface area (Å²) in [4.78, 5) is 31.9. The monoisotopic (exact) mass is 265 g/mol. The molecule has 0 unspecified atom stereocenters. The van der Waals surface area contributed by atoms with Crippen LogP contribution in [0, 0.1) is 10.1 Å². The van der Waals surface area contributed by atoms with Gasteiger partial charge in [0.2, 0.25) is 7.85 Å². The number of amides is 1. The molecule has 100 valence electrons. The highest BCUT2D eigenvalue weighted by Gasteiger charge is 2.19. The number of anilines is 1. The van der Waals surface area contributed by atoms with Crippen molar-refractivity contribution >= 4 is 31.0 Å². The van der Waals surface area contributed by atoms with E-state index in [9.17, 15) is 19.7 Å². The van der Waals surface area contributed by atoms with Gasteiger partial charge in [0.1, 0.15) is 11.7 Å². The summed E-state index contributed by atoms with van der Waals surface area (Å²) in [5, 5.41) is 24.5. The molecule has 8 nitrogen and oxygen atoms in total. The highest BCUT2D eigenvalue weighted by molar-refractivity contribution is 6.57. The number of hydrogen-bond acceptors (Lipinski definition) is 5. The average Bonchev–Trinajstić information content (AvgIpc) is 2.34. The number of rotatable bonds is 6. The third-order valence-corrected chi connectivity index (χ3v) is 2.27. The number of nitrogens with zero attached hydrogens (tertiary/aromatic N) is 1. The summed E-state index contributed by atoms with van der Waals surface area (Å²) in [7, 11) is 1.20. The molecule has 0 aliphatic carbocycles. The Kier molecular flexibility index (Phi) is 4.87. The number of carbonyl (C=O) groups is 2. The van der Waals surface area contributed by atoms with E-state index in [4.69, 9.17) is 5.11 Å². The van der Waals surface area contributed by atoms with E-state index in [2.05, 4.69) is 10.6 Å². The maximum Gasteiger partial charge on any atom is 0.328 e. The summed E-state index contributed by atoms with van der Waals surface area (Å²) in [5.41, 5.74) is 0.0403. The maximum atomic E-state index is 10.9. The fourth-order valence-electron chi connectivity index (χ4n) is 1.44. The molecule has 1 amide bonds. The van der Waals surface area contributed by atoms with Crippen molar-refractivity contribution in [2.45, 2.75) is 6.04 Å². The Bertz CT molecular complexity index is 508. The molecule has 9 heteroatoms. The molecule has 0 heterocycles. The van der Waals surface area contributed by atoms with E-state index in [0.29, 0.717) is 0 Å². The third kappa shape index (κ3) is 4.30. The van der Waals surface area contributed by atoms with Gasteiger partial charge in [-0.05, 0) is 6.07 Å². The molecular formula is C10H12BN3O5. The van der Waals surface area contributed by atoms with E-state index in [1.165, 1.54) is 26.0 Å². The number of nitro groups is 1. The minimum atomic E-state index is -1.22. The normalized spacial score (nSPS) is 11.4. The van der Waals surface area contributed by atoms with E-state index in [1.807, 2.05) is 0 Å². The molecular weight excluding hydrogens is 253 g/mol. The van der Waals surface area contributed by atoms with Crippen LogP contribution in [0.25, 0.3) is 0 Å². The van der Waals surface area contributed by atoms with Crippen LogP contribution < -0.4 is 10.6 Å². The highest BCUT2D eigenvalue weighted by atomic mass is 16.6. The minimum absolute atomic E-state index is 0.153. The molecule has 0 fully saturated rings. The van der Waals surface area contributed by atoms with Gasteiger partial charge in [0, 0.05) is 12.6 Å². The molecule has 0 saturated heterocycles. The van der Waals surface area contributed by atoms with Crippen molar-refractivity contribution in [2.24, 2.45) is 0 Å². The van der Waals surface area contributed by atoms with E-state index in [0.717, 1.165) is 0 Å². The number of benzene rings is 1. The van der Waals surface area contributed by atoms with Gasteiger partial charge in [0.05, 0.1) is 4.92 Å². The van der Waals surface area contributed by atoms with Gasteiger partial charge in [-0.3, -0.25) is 14.9 Å². The average molecular weight is 265 g/mol. The van der Waals surface area contributed by atoms with Crippen LogP contribution in [0.1, 0.15) is 0 Å². The molecule has 19 heavy (non-hydrogen) atoms. The first-order valence-corrected chi connectivity index (χ1v) is 5.39. The summed E-state index contributed by atoms with van der Waals surface area (Å²) in [5.74, 6) is -1.71. The molecule has 1 rings (SSSR count). The van der Waals surface area contributed by atoms with Crippen molar-refractivity contribution in [3.05, 3.63) is 34.4 Å². The summed E-state index contributed by atoms with van der Waals surface area (Å²) < 4.78 is 0. The van der Waals surface area contributed by atoms with E-state index < -0.39 is 22.7 Å². The van der Waals surface area contributed by atoms with Crippen LogP contribution in [0.15, 0.2) is 24.3 Å². The molecule has 0 aliphatic heterocycles. The maximum absolute atomic E-state index is 10.9. The first-order valence-electron chi connectivity index (χ1n) is 5.39. The van der Waals surface area contributed by atoms with E-state index >= 15 is 0 Å². The van der Waals surface area contributed by atoms with E-state index in [-0.39, 0.29) is 17.9 Å². The molecule has 0 aromatic heterocycles. The SMILES string of the molecule is BC(=O)N[C@@H](CNc1ccccc1[N+](=O)[O-])C(=O)O. The fourth-order valence-corrected chi connectivity index (χ4v) is 1.44. The summed E-state index contributed by atoms with van der Waals surface area (Å²) in [6.45, 7) is -0.153. The lowest BCUT2D eigenvalue weighted by Crippen LogP contribution is -2.44. The standard InChI is InChI=1S/C10H12BN3O5/c11-10(17)13-7(9(15)16)5-12-6-3-1-2-4-8(6)14(18)19/h1-4,7,12H,5,11H2,(H,13,17)(H,15,16)/t7-/m0/s1. The Morgan fingerprint density at radius 3 is 2.58 bits per heavy atom.